The van der Waals surface area contributed by atoms with E-state index >= 15 is 0 Å². The molecule has 1 fully saturated rings. The molecule has 3 heterocycles. The summed E-state index contributed by atoms with van der Waals surface area (Å²) in [6, 6.07) is 2.62. The van der Waals surface area contributed by atoms with Crippen LogP contribution in [0.2, 0.25) is 0 Å². The second-order valence-corrected chi connectivity index (χ2v) is 7.85. The van der Waals surface area contributed by atoms with E-state index in [0.29, 0.717) is 11.2 Å². The van der Waals surface area contributed by atoms with Crippen molar-refractivity contribution < 1.29 is 29.3 Å². The second-order valence-electron chi connectivity index (χ2n) is 7.85. The monoisotopic (exact) mass is 421 g/mol. The number of rotatable bonds is 6. The Bertz CT molecular complexity index is 947. The van der Waals surface area contributed by atoms with Gasteiger partial charge in [-0.25, -0.2) is 9.50 Å². The third-order valence-electron chi connectivity index (χ3n) is 5.34. The second kappa shape index (κ2) is 8.26. The number of carbonyl (C=O) groups is 2. The quantitative estimate of drug-likeness (QED) is 0.453. The minimum absolute atomic E-state index is 0.0558. The van der Waals surface area contributed by atoms with E-state index in [1.807, 2.05) is 13.8 Å². The highest BCUT2D eigenvalue weighted by Crippen LogP contribution is 2.41. The summed E-state index contributed by atoms with van der Waals surface area (Å²) in [5, 5.41) is 27.4. The van der Waals surface area contributed by atoms with Crippen LogP contribution in [-0.2, 0) is 24.7 Å². The van der Waals surface area contributed by atoms with Crippen LogP contribution in [0.25, 0.3) is 5.52 Å². The van der Waals surface area contributed by atoms with Gasteiger partial charge in [0.05, 0.1) is 18.3 Å². The molecule has 5 N–H and O–H groups in total. The van der Waals surface area contributed by atoms with E-state index < -0.39 is 42.5 Å². The molecule has 0 saturated carbocycles. The minimum atomic E-state index is -1.34. The number of nitrogens with zero attached hydrogens (tertiary/aromatic N) is 3. The van der Waals surface area contributed by atoms with Crippen LogP contribution in [0.3, 0.4) is 0 Å². The van der Waals surface area contributed by atoms with Crippen molar-refractivity contribution in [2.24, 2.45) is 11.7 Å². The van der Waals surface area contributed by atoms with Gasteiger partial charge in [-0.3, -0.25) is 9.59 Å². The molecule has 0 bridgehead atoms. The number of ether oxygens (including phenoxy) is 2. The van der Waals surface area contributed by atoms with Gasteiger partial charge in [0.15, 0.2) is 11.9 Å². The van der Waals surface area contributed by atoms with Gasteiger partial charge in [-0.1, -0.05) is 13.8 Å². The Morgan fingerprint density at radius 1 is 1.43 bits per heavy atom. The standard InChI is InChI=1S/C19H27N5O6/c1-9(2)14(20)18(28)23-17-11-5-6-13(24(11)22-8-21-17)19(4)16(27)15(29-10(3)26)12(7-25)30-19/h5-6,8-9,12,14-16,25,27H,7,20H2,1-4H3,(H,21,22,23,28)/t12-,14+,15-,16-,19+/m1/s1. The molecule has 11 nitrogen and oxygen atoms in total. The summed E-state index contributed by atoms with van der Waals surface area (Å²) in [5.41, 5.74) is 5.46. The van der Waals surface area contributed by atoms with Crippen LogP contribution in [0.4, 0.5) is 5.82 Å². The number of hydrogen-bond donors (Lipinski definition) is 4. The molecule has 5 atom stereocenters. The van der Waals surface area contributed by atoms with Crippen LogP contribution in [-0.4, -0.2) is 67.6 Å². The van der Waals surface area contributed by atoms with Crippen LogP contribution in [0, 0.1) is 5.92 Å². The Hall–Kier alpha value is -2.60. The zero-order valence-electron chi connectivity index (χ0n) is 17.3. The number of anilines is 1. The van der Waals surface area contributed by atoms with Crippen molar-refractivity contribution >= 4 is 23.2 Å². The molecule has 1 aliphatic heterocycles. The predicted octanol–water partition coefficient (Wildman–Crippen LogP) is -0.450. The molecule has 164 valence electrons. The summed E-state index contributed by atoms with van der Waals surface area (Å²) >= 11 is 0. The molecule has 1 aliphatic rings. The molecule has 1 amide bonds. The molecule has 0 aliphatic carbocycles. The Balaban J connectivity index is 1.98. The highest BCUT2D eigenvalue weighted by atomic mass is 16.6. The molecule has 30 heavy (non-hydrogen) atoms. The largest absolute Gasteiger partial charge is 0.457 e. The summed E-state index contributed by atoms with van der Waals surface area (Å²) in [6.07, 6.45) is -1.97. The molecule has 0 aromatic carbocycles. The van der Waals surface area contributed by atoms with E-state index in [0.717, 1.165) is 0 Å². The number of aromatic nitrogens is 3. The first-order valence-electron chi connectivity index (χ1n) is 9.63. The molecule has 1 saturated heterocycles. The highest BCUT2D eigenvalue weighted by Gasteiger charge is 2.55. The van der Waals surface area contributed by atoms with Crippen LogP contribution >= 0.6 is 0 Å². The fraction of sp³-hybridized carbons (Fsp3) is 0.579. The SMILES string of the molecule is CC(=O)O[C@H]1[C@@H](O)[C@](C)(c2ccc3c(NC(=O)[C@@H](N)C(C)C)ncnn23)O[C@@H]1CO. The van der Waals surface area contributed by atoms with E-state index in [9.17, 15) is 19.8 Å². The maximum Gasteiger partial charge on any atom is 0.303 e. The maximum atomic E-state index is 12.4. The Morgan fingerprint density at radius 3 is 2.73 bits per heavy atom. The van der Waals surface area contributed by atoms with Gasteiger partial charge in [-0.05, 0) is 25.0 Å². The van der Waals surface area contributed by atoms with Crippen LogP contribution in [0.1, 0.15) is 33.4 Å². The third-order valence-corrected chi connectivity index (χ3v) is 5.34. The van der Waals surface area contributed by atoms with Gasteiger partial charge in [0.1, 0.15) is 29.7 Å². The van der Waals surface area contributed by atoms with Crippen molar-refractivity contribution in [3.8, 4) is 0 Å². The molecule has 2 aromatic rings. The van der Waals surface area contributed by atoms with Crippen LogP contribution in [0.15, 0.2) is 18.5 Å². The first-order valence-corrected chi connectivity index (χ1v) is 9.63. The minimum Gasteiger partial charge on any atom is -0.457 e. The van der Waals surface area contributed by atoms with E-state index in [1.165, 1.54) is 17.8 Å². The number of esters is 1. The molecule has 2 aromatic heterocycles. The van der Waals surface area contributed by atoms with Crippen molar-refractivity contribution in [3.63, 3.8) is 0 Å². The van der Waals surface area contributed by atoms with Gasteiger partial charge in [0.2, 0.25) is 5.91 Å². The number of fused-ring (bicyclic) bond motifs is 1. The molecule has 0 spiro atoms. The number of amides is 1. The van der Waals surface area contributed by atoms with E-state index in [2.05, 4.69) is 15.4 Å². The first-order chi connectivity index (χ1) is 14.1. The average molecular weight is 421 g/mol. The Kier molecular flexibility index (Phi) is 6.09. The van der Waals surface area contributed by atoms with Gasteiger partial charge in [0.25, 0.3) is 0 Å². The molecular weight excluding hydrogens is 394 g/mol. The lowest BCUT2D eigenvalue weighted by molar-refractivity contribution is -0.153. The molecule has 0 unspecified atom stereocenters. The summed E-state index contributed by atoms with van der Waals surface area (Å²) in [5.74, 6) is -0.783. The highest BCUT2D eigenvalue weighted by molar-refractivity contribution is 5.97. The van der Waals surface area contributed by atoms with Crippen molar-refractivity contribution in [2.45, 2.75) is 57.6 Å². The normalized spacial score (nSPS) is 27.4. The fourth-order valence-electron chi connectivity index (χ4n) is 3.56. The lowest BCUT2D eigenvalue weighted by atomic mass is 9.93. The topological polar surface area (TPSA) is 161 Å². The average Bonchev–Trinajstić information content (AvgIpc) is 3.23. The number of hydrogen-bond acceptors (Lipinski definition) is 9. The van der Waals surface area contributed by atoms with Crippen molar-refractivity contribution in [2.75, 3.05) is 11.9 Å². The van der Waals surface area contributed by atoms with E-state index in [-0.39, 0.29) is 17.6 Å². The predicted molar refractivity (Wildman–Crippen MR) is 105 cm³/mol. The molecule has 3 rings (SSSR count). The Labute approximate surface area is 173 Å². The van der Waals surface area contributed by atoms with Gasteiger partial charge in [0, 0.05) is 6.92 Å². The van der Waals surface area contributed by atoms with Crippen LogP contribution < -0.4 is 11.1 Å². The first kappa shape index (κ1) is 22.1. The van der Waals surface area contributed by atoms with Crippen molar-refractivity contribution in [1.29, 1.82) is 0 Å². The van der Waals surface area contributed by atoms with Crippen LogP contribution in [0.5, 0.6) is 0 Å². The molecular formula is C19H27N5O6. The van der Waals surface area contributed by atoms with E-state index in [1.54, 1.807) is 19.1 Å². The van der Waals surface area contributed by atoms with E-state index in [4.69, 9.17) is 15.2 Å². The zero-order valence-corrected chi connectivity index (χ0v) is 17.3. The summed E-state index contributed by atoms with van der Waals surface area (Å²) in [4.78, 5) is 27.9. The number of aliphatic hydroxyl groups excluding tert-OH is 2. The molecule has 0 radical (unpaired) electrons. The van der Waals surface area contributed by atoms with Gasteiger partial charge < -0.3 is 30.7 Å². The summed E-state index contributed by atoms with van der Waals surface area (Å²) in [7, 11) is 0. The van der Waals surface area contributed by atoms with Crippen molar-refractivity contribution in [3.05, 3.63) is 24.2 Å². The summed E-state index contributed by atoms with van der Waals surface area (Å²) in [6.45, 7) is 6.06. The fourth-order valence-corrected chi connectivity index (χ4v) is 3.56. The lowest BCUT2D eigenvalue weighted by Crippen LogP contribution is -2.42. The number of nitrogens with two attached hydrogens (primary N) is 1. The molecule has 11 heteroatoms. The Morgan fingerprint density at radius 2 is 2.13 bits per heavy atom. The zero-order chi connectivity index (χ0) is 22.2. The summed E-state index contributed by atoms with van der Waals surface area (Å²) < 4.78 is 12.5. The number of aliphatic hydroxyl groups is 2. The number of carbonyl (C=O) groups excluding carboxylic acids is 2. The number of nitrogens with one attached hydrogen (secondary N) is 1. The van der Waals surface area contributed by atoms with Gasteiger partial charge in [-0.2, -0.15) is 5.10 Å². The lowest BCUT2D eigenvalue weighted by Gasteiger charge is -2.27. The van der Waals surface area contributed by atoms with Gasteiger partial charge in [-0.15, -0.1) is 0 Å². The smallest absolute Gasteiger partial charge is 0.303 e. The van der Waals surface area contributed by atoms with Crippen molar-refractivity contribution in [1.82, 2.24) is 14.6 Å². The van der Waals surface area contributed by atoms with Gasteiger partial charge >= 0.3 is 5.97 Å². The maximum absolute atomic E-state index is 12.4. The third kappa shape index (κ3) is 3.76.